The van der Waals surface area contributed by atoms with Crippen LogP contribution >= 0.6 is 0 Å². The number of hydrogen-bond acceptors (Lipinski definition) is 5. The number of halogens is 4. The van der Waals surface area contributed by atoms with Gasteiger partial charge in [-0.3, -0.25) is 4.79 Å². The fourth-order valence-corrected chi connectivity index (χ4v) is 2.43. The lowest BCUT2D eigenvalue weighted by atomic mass is 10.0. The zero-order valence-corrected chi connectivity index (χ0v) is 14.3. The second-order valence-electron chi connectivity index (χ2n) is 5.78. The van der Waals surface area contributed by atoms with Crippen LogP contribution in [0.1, 0.15) is 17.3 Å². The van der Waals surface area contributed by atoms with Crippen LogP contribution in [0.4, 0.5) is 17.6 Å². The summed E-state index contributed by atoms with van der Waals surface area (Å²) in [7, 11) is 1.90. The summed E-state index contributed by atoms with van der Waals surface area (Å²) in [6.45, 7) is 3.75. The number of hydrogen-bond donors (Lipinski definition) is 0. The number of rotatable bonds is 5. The van der Waals surface area contributed by atoms with Gasteiger partial charge in [0.05, 0.1) is 12.2 Å². The minimum Gasteiger partial charge on any atom is -0.462 e. The van der Waals surface area contributed by atoms with E-state index in [1.165, 1.54) is 13.1 Å². The molecule has 0 aromatic heterocycles. The minimum absolute atomic E-state index is 0.0547. The van der Waals surface area contributed by atoms with Crippen LogP contribution in [0.3, 0.4) is 0 Å². The Balaban J connectivity index is 2.42. The molecule has 2 rings (SSSR count). The van der Waals surface area contributed by atoms with E-state index in [1.54, 1.807) is 4.90 Å². The third-order valence-corrected chi connectivity index (χ3v) is 3.94. The predicted molar refractivity (Wildman–Crippen MR) is 84.4 cm³/mol. The standard InChI is InChI=1S/C17H18F4N2O3/c1-3-26-17(25)11(9-23-6-4-22(2)5-7-23)16(24)10-8-12(18)14(20)15(21)13(10)19/h8-9H,3-7H2,1-2H3. The minimum atomic E-state index is -2.11. The Morgan fingerprint density at radius 2 is 1.69 bits per heavy atom. The molecule has 1 heterocycles. The molecular formula is C17H18F4N2O3. The van der Waals surface area contributed by atoms with Crippen LogP contribution in [0, 0.1) is 23.3 Å². The van der Waals surface area contributed by atoms with E-state index in [0.29, 0.717) is 26.2 Å². The lowest BCUT2D eigenvalue weighted by Gasteiger charge is -2.31. The fourth-order valence-electron chi connectivity index (χ4n) is 2.43. The first-order chi connectivity index (χ1) is 12.3. The molecule has 0 saturated carbocycles. The molecule has 1 aromatic rings. The Morgan fingerprint density at radius 1 is 1.08 bits per heavy atom. The Kier molecular flexibility index (Phi) is 6.36. The van der Waals surface area contributed by atoms with Gasteiger partial charge >= 0.3 is 5.97 Å². The highest BCUT2D eigenvalue weighted by Crippen LogP contribution is 2.22. The van der Waals surface area contributed by atoms with Crippen LogP contribution < -0.4 is 0 Å². The maximum Gasteiger partial charge on any atom is 0.343 e. The van der Waals surface area contributed by atoms with Crippen molar-refractivity contribution in [2.24, 2.45) is 0 Å². The Hall–Kier alpha value is -2.42. The Labute approximate surface area is 147 Å². The monoisotopic (exact) mass is 374 g/mol. The van der Waals surface area contributed by atoms with Gasteiger partial charge in [-0.2, -0.15) is 0 Å². The first kappa shape index (κ1) is 19.9. The van der Waals surface area contributed by atoms with Gasteiger partial charge in [0.1, 0.15) is 5.57 Å². The molecule has 0 unspecified atom stereocenters. The molecule has 0 atom stereocenters. The second kappa shape index (κ2) is 8.31. The third kappa shape index (κ3) is 4.21. The highest BCUT2D eigenvalue weighted by molar-refractivity contribution is 6.24. The molecule has 0 amide bonds. The van der Waals surface area contributed by atoms with Gasteiger partial charge in [-0.05, 0) is 20.0 Å². The SMILES string of the molecule is CCOC(=O)C(=CN1CCN(C)CC1)C(=O)c1cc(F)c(F)c(F)c1F. The summed E-state index contributed by atoms with van der Waals surface area (Å²) in [5, 5.41) is 0. The van der Waals surface area contributed by atoms with E-state index in [0.717, 1.165) is 0 Å². The van der Waals surface area contributed by atoms with Crippen molar-refractivity contribution in [3.63, 3.8) is 0 Å². The number of likely N-dealkylation sites (N-methyl/N-ethyl adjacent to an activating group) is 1. The van der Waals surface area contributed by atoms with E-state index in [4.69, 9.17) is 4.74 Å². The molecule has 0 radical (unpaired) electrons. The number of nitrogens with zero attached hydrogens (tertiary/aromatic N) is 2. The first-order valence-corrected chi connectivity index (χ1v) is 7.95. The van der Waals surface area contributed by atoms with Gasteiger partial charge in [-0.25, -0.2) is 22.4 Å². The zero-order chi connectivity index (χ0) is 19.4. The molecule has 1 aliphatic rings. The summed E-state index contributed by atoms with van der Waals surface area (Å²) in [6, 6.07) is 0.229. The summed E-state index contributed by atoms with van der Waals surface area (Å²) in [4.78, 5) is 28.3. The van der Waals surface area contributed by atoms with Gasteiger partial charge in [0.15, 0.2) is 23.3 Å². The quantitative estimate of drug-likeness (QED) is 0.116. The normalized spacial score (nSPS) is 15.9. The lowest BCUT2D eigenvalue weighted by molar-refractivity contribution is -0.138. The summed E-state index contributed by atoms with van der Waals surface area (Å²) in [5.41, 5.74) is -1.66. The molecular weight excluding hydrogens is 356 g/mol. The maximum atomic E-state index is 13.9. The number of Topliss-reactive ketones (excluding diaryl/α,β-unsaturated/α-hetero) is 1. The van der Waals surface area contributed by atoms with Crippen molar-refractivity contribution < 1.29 is 31.9 Å². The number of esters is 1. The Morgan fingerprint density at radius 3 is 2.27 bits per heavy atom. The number of piperazine rings is 1. The smallest absolute Gasteiger partial charge is 0.343 e. The molecule has 1 fully saturated rings. The predicted octanol–water partition coefficient (Wildman–Crippen LogP) is 2.12. The van der Waals surface area contributed by atoms with Crippen LogP contribution in [-0.2, 0) is 9.53 Å². The number of ketones is 1. The molecule has 0 N–H and O–H groups in total. The zero-order valence-electron chi connectivity index (χ0n) is 14.3. The van der Waals surface area contributed by atoms with Crippen LogP contribution in [0.5, 0.6) is 0 Å². The van der Waals surface area contributed by atoms with Crippen molar-refractivity contribution in [2.75, 3.05) is 39.8 Å². The second-order valence-corrected chi connectivity index (χ2v) is 5.78. The molecule has 1 saturated heterocycles. The summed E-state index contributed by atoms with van der Waals surface area (Å²) in [6.07, 6.45) is 1.19. The maximum absolute atomic E-state index is 13.9. The number of carbonyl (C=O) groups excluding carboxylic acids is 2. The topological polar surface area (TPSA) is 49.9 Å². The van der Waals surface area contributed by atoms with Gasteiger partial charge < -0.3 is 14.5 Å². The molecule has 1 aliphatic heterocycles. The summed E-state index contributed by atoms with van der Waals surface area (Å²) < 4.78 is 58.7. The number of ether oxygens (including phenoxy) is 1. The van der Waals surface area contributed by atoms with Gasteiger partial charge in [-0.1, -0.05) is 0 Å². The molecule has 142 valence electrons. The van der Waals surface area contributed by atoms with E-state index in [9.17, 15) is 27.2 Å². The number of benzene rings is 1. The van der Waals surface area contributed by atoms with E-state index >= 15 is 0 Å². The highest BCUT2D eigenvalue weighted by atomic mass is 19.2. The van der Waals surface area contributed by atoms with E-state index in [1.807, 2.05) is 11.9 Å². The molecule has 0 bridgehead atoms. The van der Waals surface area contributed by atoms with Crippen molar-refractivity contribution >= 4 is 11.8 Å². The fraction of sp³-hybridized carbons (Fsp3) is 0.412. The molecule has 5 nitrogen and oxygen atoms in total. The first-order valence-electron chi connectivity index (χ1n) is 7.95. The van der Waals surface area contributed by atoms with Crippen molar-refractivity contribution in [3.05, 3.63) is 46.7 Å². The number of carbonyl (C=O) groups is 2. The third-order valence-electron chi connectivity index (χ3n) is 3.94. The molecule has 26 heavy (non-hydrogen) atoms. The van der Waals surface area contributed by atoms with Crippen LogP contribution in [0.25, 0.3) is 0 Å². The molecule has 1 aromatic carbocycles. The van der Waals surface area contributed by atoms with Crippen LogP contribution in [-0.4, -0.2) is 61.4 Å². The lowest BCUT2D eigenvalue weighted by Crippen LogP contribution is -2.42. The summed E-state index contributed by atoms with van der Waals surface area (Å²) >= 11 is 0. The van der Waals surface area contributed by atoms with Gasteiger partial charge in [0.2, 0.25) is 5.78 Å². The van der Waals surface area contributed by atoms with Gasteiger partial charge in [0, 0.05) is 32.4 Å². The summed E-state index contributed by atoms with van der Waals surface area (Å²) in [5.74, 6) is -10.1. The largest absolute Gasteiger partial charge is 0.462 e. The average Bonchev–Trinajstić information content (AvgIpc) is 2.62. The van der Waals surface area contributed by atoms with E-state index in [-0.39, 0.29) is 12.7 Å². The van der Waals surface area contributed by atoms with Crippen molar-refractivity contribution in [2.45, 2.75) is 6.92 Å². The highest BCUT2D eigenvalue weighted by Gasteiger charge is 2.29. The van der Waals surface area contributed by atoms with Crippen LogP contribution in [0.15, 0.2) is 17.8 Å². The molecule has 0 spiro atoms. The van der Waals surface area contributed by atoms with E-state index < -0.39 is 46.2 Å². The molecule has 0 aliphatic carbocycles. The van der Waals surface area contributed by atoms with Crippen molar-refractivity contribution in [3.8, 4) is 0 Å². The average molecular weight is 374 g/mol. The Bertz CT molecular complexity index is 744. The van der Waals surface area contributed by atoms with Crippen LogP contribution in [0.2, 0.25) is 0 Å². The van der Waals surface area contributed by atoms with Crippen molar-refractivity contribution in [1.29, 1.82) is 0 Å². The van der Waals surface area contributed by atoms with Crippen molar-refractivity contribution in [1.82, 2.24) is 9.80 Å². The van der Waals surface area contributed by atoms with E-state index in [2.05, 4.69) is 0 Å². The van der Waals surface area contributed by atoms with Gasteiger partial charge in [-0.15, -0.1) is 0 Å². The van der Waals surface area contributed by atoms with Gasteiger partial charge in [0.25, 0.3) is 0 Å². The molecule has 9 heteroatoms.